The van der Waals surface area contributed by atoms with Crippen LogP contribution in [0.5, 0.6) is 0 Å². The van der Waals surface area contributed by atoms with Crippen molar-refractivity contribution >= 4 is 11.9 Å². The van der Waals surface area contributed by atoms with Crippen LogP contribution < -0.4 is 0 Å². The minimum Gasteiger partial charge on any atom is -0.446 e. The van der Waals surface area contributed by atoms with Crippen LogP contribution in [0, 0.1) is 0 Å². The van der Waals surface area contributed by atoms with E-state index in [1.807, 2.05) is 0 Å². The van der Waals surface area contributed by atoms with Crippen LogP contribution in [-0.2, 0) is 9.53 Å². The molecule has 1 unspecified atom stereocenters. The number of carbonyl (C=O) groups excluding carboxylic acids is 2. The molecule has 0 aromatic heterocycles. The lowest BCUT2D eigenvalue weighted by Gasteiger charge is -2.27. The molecule has 1 amide bonds. The van der Waals surface area contributed by atoms with E-state index < -0.39 is 0 Å². The van der Waals surface area contributed by atoms with Crippen LogP contribution in [0.1, 0.15) is 38.5 Å². The molecule has 0 bridgehead atoms. The minimum atomic E-state index is -0.227. The number of amides is 1. The number of ketones is 1. The van der Waals surface area contributed by atoms with E-state index in [-0.39, 0.29) is 18.0 Å². The highest BCUT2D eigenvalue weighted by atomic mass is 16.6. The molecule has 0 aromatic rings. The summed E-state index contributed by atoms with van der Waals surface area (Å²) >= 11 is 0. The average molecular weight is 211 g/mol. The molecule has 4 nitrogen and oxygen atoms in total. The van der Waals surface area contributed by atoms with Crippen molar-refractivity contribution in [3.05, 3.63) is 0 Å². The summed E-state index contributed by atoms with van der Waals surface area (Å²) < 4.78 is 5.29. The second-order valence-corrected chi connectivity index (χ2v) is 4.33. The van der Waals surface area contributed by atoms with Gasteiger partial charge in [-0.15, -0.1) is 0 Å². The molecule has 2 fully saturated rings. The van der Waals surface area contributed by atoms with Crippen molar-refractivity contribution in [3.8, 4) is 0 Å². The molecule has 1 saturated carbocycles. The highest BCUT2D eigenvalue weighted by Gasteiger charge is 2.27. The summed E-state index contributed by atoms with van der Waals surface area (Å²) in [7, 11) is 0. The molecule has 0 aromatic carbocycles. The van der Waals surface area contributed by atoms with E-state index in [1.165, 1.54) is 6.42 Å². The highest BCUT2D eigenvalue weighted by Crippen LogP contribution is 2.20. The average Bonchev–Trinajstić information content (AvgIpc) is 2.65. The molecule has 1 heterocycles. The van der Waals surface area contributed by atoms with Crippen molar-refractivity contribution < 1.29 is 14.3 Å². The van der Waals surface area contributed by atoms with Gasteiger partial charge in [-0.1, -0.05) is 0 Å². The Hall–Kier alpha value is -1.06. The number of hydrogen-bond donors (Lipinski definition) is 0. The van der Waals surface area contributed by atoms with Crippen molar-refractivity contribution in [2.24, 2.45) is 0 Å². The fourth-order valence-corrected chi connectivity index (χ4v) is 2.17. The summed E-state index contributed by atoms with van der Waals surface area (Å²) in [5.74, 6) is 0.214. The molecule has 1 aliphatic heterocycles. The van der Waals surface area contributed by atoms with Gasteiger partial charge in [-0.05, 0) is 25.7 Å². The van der Waals surface area contributed by atoms with E-state index in [0.29, 0.717) is 19.3 Å². The van der Waals surface area contributed by atoms with Crippen molar-refractivity contribution in [1.29, 1.82) is 0 Å². The van der Waals surface area contributed by atoms with Gasteiger partial charge in [-0.25, -0.2) is 4.79 Å². The Labute approximate surface area is 89.6 Å². The Bertz CT molecular complexity index is 259. The van der Waals surface area contributed by atoms with Gasteiger partial charge in [-0.3, -0.25) is 4.79 Å². The van der Waals surface area contributed by atoms with Gasteiger partial charge < -0.3 is 9.64 Å². The quantitative estimate of drug-likeness (QED) is 0.663. The number of nitrogens with zero attached hydrogens (tertiary/aromatic N) is 1. The van der Waals surface area contributed by atoms with Crippen LogP contribution >= 0.6 is 0 Å². The standard InChI is InChI=1S/C11H17NO3/c13-9-4-5-10(8-9)15-11(14)12-6-2-1-3-7-12/h10H,1-8H2. The molecular formula is C11H17NO3. The number of Topliss-reactive ketones (excluding diaryl/α,β-unsaturated/α-hetero) is 1. The van der Waals surface area contributed by atoms with Crippen LogP contribution in [0.25, 0.3) is 0 Å². The number of piperidine rings is 1. The second-order valence-electron chi connectivity index (χ2n) is 4.33. The lowest BCUT2D eigenvalue weighted by molar-refractivity contribution is -0.117. The Morgan fingerprint density at radius 1 is 1.27 bits per heavy atom. The molecule has 84 valence electrons. The van der Waals surface area contributed by atoms with Gasteiger partial charge in [0.2, 0.25) is 0 Å². The maximum atomic E-state index is 11.7. The number of carbonyl (C=O) groups is 2. The van der Waals surface area contributed by atoms with Gasteiger partial charge in [0.1, 0.15) is 11.9 Å². The number of hydrogen-bond acceptors (Lipinski definition) is 3. The Kier molecular flexibility index (Phi) is 3.23. The van der Waals surface area contributed by atoms with Crippen molar-refractivity contribution in [2.45, 2.75) is 44.6 Å². The summed E-state index contributed by atoms with van der Waals surface area (Å²) in [6.45, 7) is 1.61. The first-order chi connectivity index (χ1) is 7.25. The van der Waals surface area contributed by atoms with Crippen LogP contribution in [0.4, 0.5) is 4.79 Å². The Balaban J connectivity index is 1.78. The fourth-order valence-electron chi connectivity index (χ4n) is 2.17. The van der Waals surface area contributed by atoms with E-state index in [2.05, 4.69) is 0 Å². The molecule has 0 N–H and O–H groups in total. The highest BCUT2D eigenvalue weighted by molar-refractivity contribution is 5.81. The summed E-state index contributed by atoms with van der Waals surface area (Å²) in [5.41, 5.74) is 0. The maximum Gasteiger partial charge on any atom is 0.410 e. The van der Waals surface area contributed by atoms with E-state index in [1.54, 1.807) is 4.90 Å². The summed E-state index contributed by atoms with van der Waals surface area (Å²) in [4.78, 5) is 24.4. The molecule has 15 heavy (non-hydrogen) atoms. The van der Waals surface area contributed by atoms with Crippen LogP contribution in [0.3, 0.4) is 0 Å². The molecular weight excluding hydrogens is 194 g/mol. The van der Waals surface area contributed by atoms with Crippen molar-refractivity contribution in [3.63, 3.8) is 0 Å². The minimum absolute atomic E-state index is 0.160. The Morgan fingerprint density at radius 3 is 2.60 bits per heavy atom. The second kappa shape index (κ2) is 4.64. The predicted molar refractivity (Wildman–Crippen MR) is 54.6 cm³/mol. The Morgan fingerprint density at radius 2 is 2.00 bits per heavy atom. The zero-order valence-corrected chi connectivity index (χ0v) is 8.91. The lowest BCUT2D eigenvalue weighted by Crippen LogP contribution is -2.37. The zero-order valence-electron chi connectivity index (χ0n) is 8.91. The molecule has 4 heteroatoms. The monoisotopic (exact) mass is 211 g/mol. The molecule has 0 radical (unpaired) electrons. The predicted octanol–water partition coefficient (Wildman–Crippen LogP) is 1.73. The van der Waals surface area contributed by atoms with E-state index in [9.17, 15) is 9.59 Å². The van der Waals surface area contributed by atoms with Crippen molar-refractivity contribution in [2.75, 3.05) is 13.1 Å². The first-order valence-electron chi connectivity index (χ1n) is 5.73. The van der Waals surface area contributed by atoms with E-state index in [0.717, 1.165) is 25.9 Å². The third-order valence-electron chi connectivity index (χ3n) is 3.08. The SMILES string of the molecule is O=C1CCC(OC(=O)N2CCCCC2)C1. The van der Waals surface area contributed by atoms with Crippen LogP contribution in [0.2, 0.25) is 0 Å². The molecule has 1 aliphatic carbocycles. The van der Waals surface area contributed by atoms with Crippen LogP contribution in [-0.4, -0.2) is 36.0 Å². The maximum absolute atomic E-state index is 11.7. The van der Waals surface area contributed by atoms with Gasteiger partial charge in [-0.2, -0.15) is 0 Å². The molecule has 0 spiro atoms. The topological polar surface area (TPSA) is 46.6 Å². The number of likely N-dealkylation sites (tertiary alicyclic amines) is 1. The smallest absolute Gasteiger partial charge is 0.410 e. The van der Waals surface area contributed by atoms with Gasteiger partial charge in [0.05, 0.1) is 0 Å². The van der Waals surface area contributed by atoms with Gasteiger partial charge in [0.25, 0.3) is 0 Å². The van der Waals surface area contributed by atoms with Gasteiger partial charge in [0.15, 0.2) is 0 Å². The lowest BCUT2D eigenvalue weighted by atomic mass is 10.1. The number of rotatable bonds is 1. The van der Waals surface area contributed by atoms with Gasteiger partial charge in [0, 0.05) is 25.9 Å². The van der Waals surface area contributed by atoms with Crippen LogP contribution in [0.15, 0.2) is 0 Å². The summed E-state index contributed by atoms with van der Waals surface area (Å²) in [6.07, 6.45) is 4.64. The largest absolute Gasteiger partial charge is 0.446 e. The van der Waals surface area contributed by atoms with E-state index in [4.69, 9.17) is 4.74 Å². The van der Waals surface area contributed by atoms with Crippen molar-refractivity contribution in [1.82, 2.24) is 4.90 Å². The van der Waals surface area contributed by atoms with E-state index >= 15 is 0 Å². The molecule has 1 saturated heterocycles. The number of ether oxygens (including phenoxy) is 1. The first kappa shape index (κ1) is 10.5. The summed E-state index contributed by atoms with van der Waals surface area (Å²) in [6, 6.07) is 0. The third kappa shape index (κ3) is 2.70. The zero-order chi connectivity index (χ0) is 10.7. The third-order valence-corrected chi connectivity index (χ3v) is 3.08. The normalized spacial score (nSPS) is 26.8. The fraction of sp³-hybridized carbons (Fsp3) is 0.818. The van der Waals surface area contributed by atoms with Gasteiger partial charge >= 0.3 is 6.09 Å². The summed E-state index contributed by atoms with van der Waals surface area (Å²) in [5, 5.41) is 0. The molecule has 2 aliphatic rings. The first-order valence-corrected chi connectivity index (χ1v) is 5.73. The molecule has 2 rings (SSSR count). The molecule has 1 atom stereocenters.